The molecule has 1 aromatic carbocycles. The van der Waals surface area contributed by atoms with Crippen molar-refractivity contribution in [2.75, 3.05) is 6.61 Å². The highest BCUT2D eigenvalue weighted by Crippen LogP contribution is 2.41. The fraction of sp³-hybridized carbons (Fsp3) is 0.686. The number of hydrogen-bond acceptors (Lipinski definition) is 10. The van der Waals surface area contributed by atoms with E-state index in [9.17, 15) is 24.0 Å². The number of imide groups is 1. The molecule has 2 aliphatic rings. The lowest BCUT2D eigenvalue weighted by Crippen LogP contribution is -2.65. The SMILES string of the molecule is CC(C)(C)C(=O)OC[C@H]1O[C@@H]2OC(=O)N(C(=O)CC(c3ccccc3)C(C)(C)C)[C@@H]2[C@@H](OC(=O)C(C)(C)C)[C@H]1OC(=O)C(C)(C)C. The molecule has 1 aromatic rings. The second-order valence-corrected chi connectivity index (χ2v) is 16.3. The van der Waals surface area contributed by atoms with Crippen molar-refractivity contribution in [3.63, 3.8) is 0 Å². The summed E-state index contributed by atoms with van der Waals surface area (Å²) in [7, 11) is 0. The summed E-state index contributed by atoms with van der Waals surface area (Å²) in [6.07, 6.45) is -6.37. The van der Waals surface area contributed by atoms with Crippen LogP contribution in [0.4, 0.5) is 4.79 Å². The number of benzene rings is 1. The Hall–Kier alpha value is -3.47. The minimum absolute atomic E-state index is 0.0646. The first-order valence-corrected chi connectivity index (χ1v) is 15.8. The molecular formula is C35H51NO10. The monoisotopic (exact) mass is 645 g/mol. The molecule has 0 N–H and O–H groups in total. The highest BCUT2D eigenvalue weighted by Gasteiger charge is 2.61. The van der Waals surface area contributed by atoms with E-state index in [0.29, 0.717) is 0 Å². The van der Waals surface area contributed by atoms with Crippen LogP contribution in [0.15, 0.2) is 30.3 Å². The van der Waals surface area contributed by atoms with Crippen molar-refractivity contribution < 1.29 is 47.7 Å². The molecule has 0 bridgehead atoms. The molecule has 11 nitrogen and oxygen atoms in total. The Morgan fingerprint density at radius 1 is 0.761 bits per heavy atom. The molecule has 46 heavy (non-hydrogen) atoms. The molecule has 256 valence electrons. The van der Waals surface area contributed by atoms with E-state index in [1.54, 1.807) is 62.3 Å². The molecule has 2 amide bonds. The Morgan fingerprint density at radius 3 is 1.74 bits per heavy atom. The lowest BCUT2D eigenvalue weighted by Gasteiger charge is -2.44. The van der Waals surface area contributed by atoms with E-state index in [0.717, 1.165) is 10.5 Å². The second-order valence-electron chi connectivity index (χ2n) is 16.3. The van der Waals surface area contributed by atoms with Gasteiger partial charge in [-0.25, -0.2) is 9.69 Å². The Kier molecular flexibility index (Phi) is 10.7. The van der Waals surface area contributed by atoms with Crippen molar-refractivity contribution in [2.24, 2.45) is 21.7 Å². The van der Waals surface area contributed by atoms with Gasteiger partial charge in [0.25, 0.3) is 0 Å². The fourth-order valence-corrected chi connectivity index (χ4v) is 5.07. The van der Waals surface area contributed by atoms with Gasteiger partial charge in [0.05, 0.1) is 16.2 Å². The highest BCUT2D eigenvalue weighted by atomic mass is 16.7. The molecule has 2 fully saturated rings. The number of amides is 2. The zero-order valence-corrected chi connectivity index (χ0v) is 29.3. The minimum atomic E-state index is -1.39. The summed E-state index contributed by atoms with van der Waals surface area (Å²) in [5.74, 6) is -2.71. The van der Waals surface area contributed by atoms with Crippen molar-refractivity contribution in [3.05, 3.63) is 35.9 Å². The lowest BCUT2D eigenvalue weighted by atomic mass is 9.74. The zero-order valence-electron chi connectivity index (χ0n) is 29.3. The molecule has 2 aliphatic heterocycles. The van der Waals surface area contributed by atoms with E-state index in [1.807, 2.05) is 51.1 Å². The molecular weight excluding hydrogens is 594 g/mol. The molecule has 0 spiro atoms. The van der Waals surface area contributed by atoms with E-state index >= 15 is 0 Å². The van der Waals surface area contributed by atoms with Gasteiger partial charge >= 0.3 is 24.0 Å². The molecule has 11 heteroatoms. The molecule has 0 aliphatic carbocycles. The van der Waals surface area contributed by atoms with Gasteiger partial charge in [-0.05, 0) is 79.2 Å². The number of nitrogens with zero attached hydrogens (tertiary/aromatic N) is 1. The summed E-state index contributed by atoms with van der Waals surface area (Å²) < 4.78 is 29.2. The Morgan fingerprint density at radius 2 is 1.26 bits per heavy atom. The molecule has 2 heterocycles. The van der Waals surface area contributed by atoms with Gasteiger partial charge in [0.2, 0.25) is 12.2 Å². The first-order valence-electron chi connectivity index (χ1n) is 15.8. The normalized spacial score (nSPS) is 24.4. The molecule has 0 saturated carbocycles. The maximum absolute atomic E-state index is 14.1. The van der Waals surface area contributed by atoms with Crippen LogP contribution in [0, 0.1) is 21.7 Å². The molecule has 6 atom stereocenters. The number of esters is 3. The third-order valence-electron chi connectivity index (χ3n) is 7.92. The number of carbonyl (C=O) groups is 5. The first-order chi connectivity index (χ1) is 20.9. The summed E-state index contributed by atoms with van der Waals surface area (Å²) in [6.45, 7) is 20.6. The van der Waals surface area contributed by atoms with Gasteiger partial charge < -0.3 is 23.7 Å². The summed E-state index contributed by atoms with van der Waals surface area (Å²) in [5, 5.41) is 0. The van der Waals surface area contributed by atoms with Gasteiger partial charge in [-0.2, -0.15) is 0 Å². The van der Waals surface area contributed by atoms with Gasteiger partial charge in [0.15, 0.2) is 12.2 Å². The molecule has 2 saturated heterocycles. The Bertz CT molecular complexity index is 1300. The van der Waals surface area contributed by atoms with Gasteiger partial charge in [-0.3, -0.25) is 19.2 Å². The number of fused-ring (bicyclic) bond motifs is 1. The van der Waals surface area contributed by atoms with Crippen LogP contribution < -0.4 is 0 Å². The highest BCUT2D eigenvalue weighted by molar-refractivity contribution is 5.94. The quantitative estimate of drug-likeness (QED) is 0.265. The first kappa shape index (κ1) is 37.0. The van der Waals surface area contributed by atoms with E-state index < -0.39 is 83.4 Å². The van der Waals surface area contributed by atoms with Crippen LogP contribution in [-0.2, 0) is 42.9 Å². The zero-order chi connectivity index (χ0) is 35.0. The average Bonchev–Trinajstić information content (AvgIpc) is 3.25. The number of hydrogen-bond donors (Lipinski definition) is 0. The van der Waals surface area contributed by atoms with Crippen molar-refractivity contribution in [1.29, 1.82) is 0 Å². The second kappa shape index (κ2) is 13.3. The predicted molar refractivity (Wildman–Crippen MR) is 168 cm³/mol. The number of ether oxygens (including phenoxy) is 5. The summed E-state index contributed by atoms with van der Waals surface area (Å²) in [5.41, 5.74) is -2.27. The van der Waals surface area contributed by atoms with Gasteiger partial charge in [-0.1, -0.05) is 51.1 Å². The van der Waals surface area contributed by atoms with Crippen LogP contribution >= 0.6 is 0 Å². The van der Waals surface area contributed by atoms with Crippen LogP contribution in [0.1, 0.15) is 101 Å². The van der Waals surface area contributed by atoms with Crippen molar-refractivity contribution in [1.82, 2.24) is 4.90 Å². The Balaban J connectivity index is 2.08. The summed E-state index contributed by atoms with van der Waals surface area (Å²) >= 11 is 0. The summed E-state index contributed by atoms with van der Waals surface area (Å²) in [6, 6.07) is 8.23. The average molecular weight is 646 g/mol. The largest absolute Gasteiger partial charge is 0.462 e. The van der Waals surface area contributed by atoms with Gasteiger partial charge in [-0.15, -0.1) is 0 Å². The van der Waals surface area contributed by atoms with Crippen molar-refractivity contribution in [3.8, 4) is 0 Å². The van der Waals surface area contributed by atoms with Crippen LogP contribution in [0.2, 0.25) is 0 Å². The molecule has 0 aromatic heterocycles. The number of rotatable bonds is 7. The number of carbonyl (C=O) groups excluding carboxylic acids is 5. The summed E-state index contributed by atoms with van der Waals surface area (Å²) in [4.78, 5) is 67.8. The van der Waals surface area contributed by atoms with Gasteiger partial charge in [0.1, 0.15) is 18.8 Å². The third-order valence-corrected chi connectivity index (χ3v) is 7.92. The van der Waals surface area contributed by atoms with Crippen LogP contribution in [-0.4, -0.2) is 72.1 Å². The van der Waals surface area contributed by atoms with Gasteiger partial charge in [0, 0.05) is 6.42 Å². The maximum Gasteiger partial charge on any atom is 0.419 e. The minimum Gasteiger partial charge on any atom is -0.462 e. The molecule has 3 rings (SSSR count). The molecule has 1 unspecified atom stereocenters. The Labute approximate surface area is 272 Å². The van der Waals surface area contributed by atoms with E-state index in [2.05, 4.69) is 0 Å². The lowest BCUT2D eigenvalue weighted by molar-refractivity contribution is -0.259. The van der Waals surface area contributed by atoms with Crippen molar-refractivity contribution in [2.45, 2.75) is 126 Å². The third kappa shape index (κ3) is 8.66. The van der Waals surface area contributed by atoms with Crippen LogP contribution in [0.5, 0.6) is 0 Å². The molecule has 0 radical (unpaired) electrons. The van der Waals surface area contributed by atoms with E-state index in [-0.39, 0.29) is 17.8 Å². The van der Waals surface area contributed by atoms with Crippen LogP contribution in [0.3, 0.4) is 0 Å². The smallest absolute Gasteiger partial charge is 0.419 e. The topological polar surface area (TPSA) is 135 Å². The standard InChI is InChI=1S/C35H51NO10/c1-32(2,3)21(20-16-14-13-15-17-20)18-23(37)36-24-26(45-30(40)35(10,11)12)25(44-29(39)34(7,8)9)22(43-27(24)46-31(36)41)19-42-28(38)33(4,5)6/h13-17,21-22,24-27H,18-19H2,1-12H3/t21?,22-,24-,25+,26-,27-/m1/s1. The maximum atomic E-state index is 14.1. The van der Waals surface area contributed by atoms with E-state index in [4.69, 9.17) is 23.7 Å². The fourth-order valence-electron chi connectivity index (χ4n) is 5.07. The van der Waals surface area contributed by atoms with E-state index in [1.165, 1.54) is 0 Å². The van der Waals surface area contributed by atoms with Crippen LogP contribution in [0.25, 0.3) is 0 Å². The van der Waals surface area contributed by atoms with Crippen molar-refractivity contribution >= 4 is 29.9 Å². The predicted octanol–water partition coefficient (Wildman–Crippen LogP) is 5.78.